The van der Waals surface area contributed by atoms with Crippen LogP contribution in [0.3, 0.4) is 0 Å². The summed E-state index contributed by atoms with van der Waals surface area (Å²) >= 11 is 3.43. The fourth-order valence-corrected chi connectivity index (χ4v) is 3.19. The number of morpholine rings is 1. The van der Waals surface area contributed by atoms with E-state index in [-0.39, 0.29) is 13.0 Å². The summed E-state index contributed by atoms with van der Waals surface area (Å²) in [6, 6.07) is 5.21. The summed E-state index contributed by atoms with van der Waals surface area (Å²) in [5.41, 5.74) is 0.0391. The van der Waals surface area contributed by atoms with Crippen molar-refractivity contribution < 1.29 is 13.5 Å². The van der Waals surface area contributed by atoms with Gasteiger partial charge in [-0.05, 0) is 17.7 Å². The van der Waals surface area contributed by atoms with Crippen LogP contribution in [0.5, 0.6) is 0 Å². The summed E-state index contributed by atoms with van der Waals surface area (Å²) in [7, 11) is 0. The van der Waals surface area contributed by atoms with Crippen LogP contribution >= 0.6 is 15.9 Å². The van der Waals surface area contributed by atoms with Crippen molar-refractivity contribution in [3.8, 4) is 0 Å². The van der Waals surface area contributed by atoms with Crippen LogP contribution in [0.15, 0.2) is 22.7 Å². The number of halogens is 3. The number of anilines is 1. The van der Waals surface area contributed by atoms with Gasteiger partial charge in [0.05, 0.1) is 19.3 Å². The summed E-state index contributed by atoms with van der Waals surface area (Å²) in [6.07, 6.45) is 0.122. The highest BCUT2D eigenvalue weighted by Crippen LogP contribution is 2.41. The molecule has 18 heavy (non-hydrogen) atoms. The lowest BCUT2D eigenvalue weighted by Crippen LogP contribution is -2.61. The molecule has 0 bridgehead atoms. The molecule has 5 heteroatoms. The highest BCUT2D eigenvalue weighted by molar-refractivity contribution is 9.10. The van der Waals surface area contributed by atoms with Gasteiger partial charge in [-0.25, -0.2) is 8.78 Å². The Hall–Kier alpha value is -0.680. The van der Waals surface area contributed by atoms with Crippen molar-refractivity contribution in [3.63, 3.8) is 0 Å². The Labute approximate surface area is 113 Å². The normalized spacial score (nSPS) is 30.8. The second-order valence-corrected chi connectivity index (χ2v) is 5.82. The van der Waals surface area contributed by atoms with Crippen molar-refractivity contribution in [3.05, 3.63) is 28.2 Å². The third-order valence-corrected chi connectivity index (χ3v) is 4.28. The van der Waals surface area contributed by atoms with Gasteiger partial charge in [0.25, 0.3) is 0 Å². The molecule has 98 valence electrons. The number of ether oxygens (including phenoxy) is 1. The van der Waals surface area contributed by atoms with Gasteiger partial charge in [-0.2, -0.15) is 0 Å². The Morgan fingerprint density at radius 3 is 3.11 bits per heavy atom. The summed E-state index contributed by atoms with van der Waals surface area (Å²) < 4.78 is 34.1. The maximum absolute atomic E-state index is 14.7. The smallest absolute Gasteiger partial charge is 0.165 e. The fourth-order valence-electron chi connectivity index (χ4n) is 2.85. The topological polar surface area (TPSA) is 12.5 Å². The van der Waals surface area contributed by atoms with Gasteiger partial charge in [-0.3, -0.25) is 0 Å². The quantitative estimate of drug-likeness (QED) is 0.789. The summed E-state index contributed by atoms with van der Waals surface area (Å²) in [5, 5.41) is 0. The minimum atomic E-state index is -1.83. The Kier molecular flexibility index (Phi) is 3.06. The first-order chi connectivity index (χ1) is 8.64. The SMILES string of the molecule is FCC1(F)Cc2ccc(Br)cc2N2CCOCC21. The molecule has 0 N–H and O–H groups in total. The third-order valence-electron chi connectivity index (χ3n) is 3.79. The average molecular weight is 318 g/mol. The molecule has 0 aromatic heterocycles. The third kappa shape index (κ3) is 1.84. The first kappa shape index (κ1) is 12.4. The Bertz CT molecular complexity index is 470. The molecule has 1 aromatic carbocycles. The molecule has 0 aliphatic carbocycles. The molecule has 2 atom stereocenters. The average Bonchev–Trinajstić information content (AvgIpc) is 2.40. The van der Waals surface area contributed by atoms with E-state index >= 15 is 0 Å². The highest BCUT2D eigenvalue weighted by atomic mass is 79.9. The van der Waals surface area contributed by atoms with E-state index in [0.717, 1.165) is 15.7 Å². The standard InChI is InChI=1S/C13H14BrF2NO/c14-10-2-1-9-6-13(16,8-15)12-7-18-4-3-17(12)11(9)5-10/h1-2,5,12H,3-4,6-8H2. The molecule has 2 aliphatic rings. The molecular formula is C13H14BrF2NO. The second-order valence-electron chi connectivity index (χ2n) is 4.90. The predicted octanol–water partition coefficient (Wildman–Crippen LogP) is 2.89. The van der Waals surface area contributed by atoms with E-state index in [0.29, 0.717) is 13.2 Å². The molecule has 0 spiro atoms. The number of hydrogen-bond acceptors (Lipinski definition) is 2. The molecule has 2 nitrogen and oxygen atoms in total. The zero-order valence-electron chi connectivity index (χ0n) is 9.83. The minimum absolute atomic E-state index is 0.122. The Balaban J connectivity index is 2.08. The first-order valence-corrected chi connectivity index (χ1v) is 6.81. The Morgan fingerprint density at radius 2 is 2.33 bits per heavy atom. The summed E-state index contributed by atoms with van der Waals surface area (Å²) in [5.74, 6) is 0. The Morgan fingerprint density at radius 1 is 1.50 bits per heavy atom. The summed E-state index contributed by atoms with van der Waals surface area (Å²) in [6.45, 7) is 0.462. The zero-order valence-corrected chi connectivity index (χ0v) is 11.4. The molecule has 2 aliphatic heterocycles. The van der Waals surface area contributed by atoms with Crippen molar-refractivity contribution in [1.29, 1.82) is 0 Å². The predicted molar refractivity (Wildman–Crippen MR) is 69.6 cm³/mol. The number of rotatable bonds is 1. The van der Waals surface area contributed by atoms with Crippen LogP contribution in [-0.4, -0.2) is 38.1 Å². The van der Waals surface area contributed by atoms with Gasteiger partial charge in [0, 0.05) is 23.1 Å². The van der Waals surface area contributed by atoms with Crippen LogP contribution in [0.4, 0.5) is 14.5 Å². The van der Waals surface area contributed by atoms with E-state index in [2.05, 4.69) is 15.9 Å². The van der Waals surface area contributed by atoms with Crippen LogP contribution < -0.4 is 4.90 Å². The molecule has 0 radical (unpaired) electrons. The van der Waals surface area contributed by atoms with Crippen LogP contribution in [0.25, 0.3) is 0 Å². The first-order valence-electron chi connectivity index (χ1n) is 6.02. The van der Waals surface area contributed by atoms with Crippen LogP contribution in [0, 0.1) is 0 Å². The number of fused-ring (bicyclic) bond motifs is 3. The van der Waals surface area contributed by atoms with Crippen LogP contribution in [0.1, 0.15) is 5.56 Å². The maximum Gasteiger partial charge on any atom is 0.165 e. The van der Waals surface area contributed by atoms with Gasteiger partial charge < -0.3 is 9.64 Å². The monoisotopic (exact) mass is 317 g/mol. The lowest BCUT2D eigenvalue weighted by molar-refractivity contribution is 0.000791. The molecular weight excluding hydrogens is 304 g/mol. The van der Waals surface area contributed by atoms with Crippen molar-refractivity contribution in [2.75, 3.05) is 31.3 Å². The molecule has 1 fully saturated rings. The van der Waals surface area contributed by atoms with E-state index in [1.165, 1.54) is 0 Å². The summed E-state index contributed by atoms with van der Waals surface area (Å²) in [4.78, 5) is 1.95. The number of hydrogen-bond donors (Lipinski definition) is 0. The van der Waals surface area contributed by atoms with E-state index in [1.807, 2.05) is 23.1 Å². The van der Waals surface area contributed by atoms with Crippen molar-refractivity contribution >= 4 is 21.6 Å². The molecule has 1 aromatic rings. The van der Waals surface area contributed by atoms with E-state index in [1.54, 1.807) is 0 Å². The number of nitrogens with zero attached hydrogens (tertiary/aromatic N) is 1. The largest absolute Gasteiger partial charge is 0.377 e. The lowest BCUT2D eigenvalue weighted by atomic mass is 9.83. The second kappa shape index (κ2) is 4.46. The molecule has 2 unspecified atom stereocenters. The van der Waals surface area contributed by atoms with Gasteiger partial charge in [-0.15, -0.1) is 0 Å². The minimum Gasteiger partial charge on any atom is -0.377 e. The van der Waals surface area contributed by atoms with Crippen molar-refractivity contribution in [2.24, 2.45) is 0 Å². The van der Waals surface area contributed by atoms with Gasteiger partial charge in [-0.1, -0.05) is 22.0 Å². The van der Waals surface area contributed by atoms with E-state index in [4.69, 9.17) is 4.74 Å². The fraction of sp³-hybridized carbons (Fsp3) is 0.538. The van der Waals surface area contributed by atoms with Gasteiger partial charge >= 0.3 is 0 Å². The molecule has 0 saturated carbocycles. The van der Waals surface area contributed by atoms with E-state index in [9.17, 15) is 8.78 Å². The van der Waals surface area contributed by atoms with Crippen LogP contribution in [0.2, 0.25) is 0 Å². The van der Waals surface area contributed by atoms with Gasteiger partial charge in [0.15, 0.2) is 5.67 Å². The van der Waals surface area contributed by atoms with E-state index < -0.39 is 18.4 Å². The van der Waals surface area contributed by atoms with Crippen molar-refractivity contribution in [1.82, 2.24) is 0 Å². The molecule has 1 saturated heterocycles. The molecule has 0 amide bonds. The van der Waals surface area contributed by atoms with Gasteiger partial charge in [0.1, 0.15) is 6.67 Å². The lowest BCUT2D eigenvalue weighted by Gasteiger charge is -2.48. The number of alkyl halides is 2. The zero-order chi connectivity index (χ0) is 12.8. The highest BCUT2D eigenvalue weighted by Gasteiger charge is 2.48. The van der Waals surface area contributed by atoms with Crippen LogP contribution in [-0.2, 0) is 11.2 Å². The maximum atomic E-state index is 14.7. The van der Waals surface area contributed by atoms with Gasteiger partial charge in [0.2, 0.25) is 0 Å². The molecule has 2 heterocycles. The molecule has 3 rings (SSSR count). The van der Waals surface area contributed by atoms with Crippen molar-refractivity contribution in [2.45, 2.75) is 18.1 Å². The number of benzene rings is 1.